The second-order valence-corrected chi connectivity index (χ2v) is 7.99. The summed E-state index contributed by atoms with van der Waals surface area (Å²) in [6.45, 7) is 0. The van der Waals surface area contributed by atoms with Crippen molar-refractivity contribution in [3.8, 4) is 17.6 Å². The molecule has 0 unspecified atom stereocenters. The molecule has 10 heteroatoms. The molecule has 3 aromatic rings. The second-order valence-electron chi connectivity index (χ2n) is 6.05. The molecule has 3 aromatic carbocycles. The third-order valence-electron chi connectivity index (χ3n) is 4.20. The first kappa shape index (κ1) is 20.8. The zero-order valence-electron chi connectivity index (χ0n) is 15.5. The molecule has 0 atom stereocenters. The Morgan fingerprint density at radius 1 is 1.10 bits per heavy atom. The minimum Gasteiger partial charge on any atom is -0.456 e. The number of rotatable bonds is 6. The van der Waals surface area contributed by atoms with Gasteiger partial charge in [-0.3, -0.25) is 14.4 Å². The molecule has 0 aromatic heterocycles. The maximum absolute atomic E-state index is 13.9. The normalized spacial score (nSPS) is 10.8. The summed E-state index contributed by atoms with van der Waals surface area (Å²) < 4.78 is 45.8. The summed E-state index contributed by atoms with van der Waals surface area (Å²) >= 11 is 0. The molecule has 0 bridgehead atoms. The minimum absolute atomic E-state index is 0.0208. The van der Waals surface area contributed by atoms with Crippen molar-refractivity contribution in [1.29, 1.82) is 5.26 Å². The van der Waals surface area contributed by atoms with E-state index in [-0.39, 0.29) is 28.4 Å². The van der Waals surface area contributed by atoms with Gasteiger partial charge in [-0.05, 0) is 42.5 Å². The Bertz CT molecular complexity index is 1250. The zero-order valence-corrected chi connectivity index (χ0v) is 16.3. The van der Waals surface area contributed by atoms with Crippen molar-refractivity contribution in [1.82, 2.24) is 0 Å². The molecule has 8 nitrogen and oxygen atoms in total. The predicted molar refractivity (Wildman–Crippen MR) is 106 cm³/mol. The fourth-order valence-electron chi connectivity index (χ4n) is 2.60. The number of non-ortho nitro benzene ring substituents is 1. The van der Waals surface area contributed by atoms with Gasteiger partial charge in [-0.25, -0.2) is 12.8 Å². The van der Waals surface area contributed by atoms with Crippen LogP contribution in [0.15, 0.2) is 71.6 Å². The van der Waals surface area contributed by atoms with Gasteiger partial charge in [0.15, 0.2) is 0 Å². The molecule has 0 saturated carbocycles. The lowest BCUT2D eigenvalue weighted by atomic mass is 10.2. The van der Waals surface area contributed by atoms with E-state index < -0.39 is 25.7 Å². The summed E-state index contributed by atoms with van der Waals surface area (Å²) in [7, 11) is -2.81. The molecule has 0 saturated heterocycles. The van der Waals surface area contributed by atoms with Crippen molar-refractivity contribution in [3.05, 3.63) is 88.2 Å². The number of nitro benzene ring substituents is 1. The Balaban J connectivity index is 1.84. The van der Waals surface area contributed by atoms with E-state index >= 15 is 0 Å². The number of hydrogen-bond acceptors (Lipinski definition) is 6. The van der Waals surface area contributed by atoms with E-state index in [0.717, 1.165) is 16.4 Å². The Morgan fingerprint density at radius 3 is 2.37 bits per heavy atom. The summed E-state index contributed by atoms with van der Waals surface area (Å²) in [6, 6.07) is 16.3. The van der Waals surface area contributed by atoms with E-state index in [1.807, 2.05) is 6.07 Å². The van der Waals surface area contributed by atoms with Crippen LogP contribution < -0.4 is 9.04 Å². The van der Waals surface area contributed by atoms with Gasteiger partial charge in [-0.1, -0.05) is 12.1 Å². The molecule has 0 aliphatic carbocycles. The third-order valence-corrected chi connectivity index (χ3v) is 6.02. The quantitative estimate of drug-likeness (QED) is 0.430. The van der Waals surface area contributed by atoms with Gasteiger partial charge < -0.3 is 4.74 Å². The van der Waals surface area contributed by atoms with E-state index in [0.29, 0.717) is 0 Å². The van der Waals surface area contributed by atoms with Crippen molar-refractivity contribution in [2.45, 2.75) is 4.90 Å². The average molecular weight is 427 g/mol. The summed E-state index contributed by atoms with van der Waals surface area (Å²) in [5.74, 6) is -0.463. The van der Waals surface area contributed by atoms with Crippen LogP contribution in [0.4, 0.5) is 15.8 Å². The van der Waals surface area contributed by atoms with Crippen LogP contribution in [-0.4, -0.2) is 20.4 Å². The molecule has 30 heavy (non-hydrogen) atoms. The minimum atomic E-state index is -4.11. The molecular formula is C20H14FN3O5S. The Hall–Kier alpha value is -3.97. The van der Waals surface area contributed by atoms with Crippen molar-refractivity contribution in [3.63, 3.8) is 0 Å². The van der Waals surface area contributed by atoms with Crippen LogP contribution in [0.2, 0.25) is 0 Å². The zero-order chi connectivity index (χ0) is 21.9. The first-order valence-corrected chi connectivity index (χ1v) is 9.88. The molecular weight excluding hydrogens is 413 g/mol. The summed E-state index contributed by atoms with van der Waals surface area (Å²) in [5, 5.41) is 20.0. The molecule has 0 fully saturated rings. The molecule has 152 valence electrons. The van der Waals surface area contributed by atoms with Crippen LogP contribution in [0.5, 0.6) is 11.5 Å². The lowest BCUT2D eigenvalue weighted by Crippen LogP contribution is -2.27. The van der Waals surface area contributed by atoms with Crippen LogP contribution in [0, 0.1) is 27.3 Å². The maximum atomic E-state index is 13.9. The number of nitrogens with zero attached hydrogens (tertiary/aromatic N) is 3. The first-order chi connectivity index (χ1) is 14.2. The number of nitriles is 1. The van der Waals surface area contributed by atoms with Crippen LogP contribution in [0.25, 0.3) is 0 Å². The number of halogens is 1. The highest BCUT2D eigenvalue weighted by atomic mass is 32.2. The summed E-state index contributed by atoms with van der Waals surface area (Å²) in [6.07, 6.45) is 0. The molecule has 0 amide bonds. The Labute approximate surface area is 171 Å². The van der Waals surface area contributed by atoms with Gasteiger partial charge in [0.05, 0.1) is 10.6 Å². The molecule has 0 spiro atoms. The van der Waals surface area contributed by atoms with Gasteiger partial charge in [-0.15, -0.1) is 0 Å². The van der Waals surface area contributed by atoms with Crippen molar-refractivity contribution in [2.24, 2.45) is 0 Å². The number of benzene rings is 3. The van der Waals surface area contributed by atoms with E-state index in [1.165, 1.54) is 61.6 Å². The van der Waals surface area contributed by atoms with Gasteiger partial charge in [-0.2, -0.15) is 5.26 Å². The van der Waals surface area contributed by atoms with Gasteiger partial charge in [0.1, 0.15) is 33.8 Å². The number of anilines is 1. The highest BCUT2D eigenvalue weighted by Gasteiger charge is 2.24. The first-order valence-electron chi connectivity index (χ1n) is 8.44. The molecule has 3 rings (SSSR count). The fraction of sp³-hybridized carbons (Fsp3) is 0.0500. The van der Waals surface area contributed by atoms with Crippen LogP contribution in [-0.2, 0) is 10.0 Å². The molecule has 0 aliphatic heterocycles. The monoisotopic (exact) mass is 427 g/mol. The number of hydrogen-bond donors (Lipinski definition) is 0. The van der Waals surface area contributed by atoms with E-state index in [9.17, 15) is 28.2 Å². The lowest BCUT2D eigenvalue weighted by Gasteiger charge is -2.20. The maximum Gasteiger partial charge on any atom is 0.271 e. The van der Waals surface area contributed by atoms with Crippen LogP contribution >= 0.6 is 0 Å². The largest absolute Gasteiger partial charge is 0.456 e. The smallest absolute Gasteiger partial charge is 0.271 e. The van der Waals surface area contributed by atoms with Crippen molar-refractivity contribution >= 4 is 21.4 Å². The summed E-state index contributed by atoms with van der Waals surface area (Å²) in [4.78, 5) is 9.76. The van der Waals surface area contributed by atoms with Crippen molar-refractivity contribution < 1.29 is 22.5 Å². The summed E-state index contributed by atoms with van der Waals surface area (Å²) in [5.41, 5.74) is -0.00319. The third kappa shape index (κ3) is 4.06. The topological polar surface area (TPSA) is 114 Å². The number of sulfonamides is 1. The van der Waals surface area contributed by atoms with Gasteiger partial charge in [0, 0.05) is 19.2 Å². The predicted octanol–water partition coefficient (Wildman–Crippen LogP) is 4.22. The lowest BCUT2D eigenvalue weighted by molar-refractivity contribution is -0.384. The SMILES string of the molecule is CN(c1ccc(Oc2ccc([N+](=O)[O-])cc2C#N)cc1)S(=O)(=O)c1ccccc1F. The molecule has 0 aliphatic rings. The molecule has 0 heterocycles. The second kappa shape index (κ2) is 8.18. The van der Waals surface area contributed by atoms with E-state index in [4.69, 9.17) is 4.74 Å². The van der Waals surface area contributed by atoms with Gasteiger partial charge >= 0.3 is 0 Å². The average Bonchev–Trinajstić information content (AvgIpc) is 2.74. The molecule has 0 radical (unpaired) electrons. The van der Waals surface area contributed by atoms with Crippen LogP contribution in [0.1, 0.15) is 5.56 Å². The fourth-order valence-corrected chi connectivity index (χ4v) is 3.86. The standard InChI is InChI=1S/C20H14FN3O5S/c1-23(30(27,28)20-5-3-2-4-18(20)21)15-6-9-17(10-7-15)29-19-11-8-16(24(25)26)12-14(19)13-22/h2-12H,1H3. The number of nitro groups is 1. The number of ether oxygens (including phenoxy) is 1. The Morgan fingerprint density at radius 2 is 1.77 bits per heavy atom. The highest BCUT2D eigenvalue weighted by Crippen LogP contribution is 2.30. The highest BCUT2D eigenvalue weighted by molar-refractivity contribution is 7.92. The molecule has 0 N–H and O–H groups in total. The van der Waals surface area contributed by atoms with Crippen molar-refractivity contribution in [2.75, 3.05) is 11.4 Å². The van der Waals surface area contributed by atoms with Gasteiger partial charge in [0.2, 0.25) is 0 Å². The van der Waals surface area contributed by atoms with Gasteiger partial charge in [0.25, 0.3) is 15.7 Å². The van der Waals surface area contributed by atoms with E-state index in [2.05, 4.69) is 0 Å². The van der Waals surface area contributed by atoms with E-state index in [1.54, 1.807) is 0 Å². The van der Waals surface area contributed by atoms with Crippen LogP contribution in [0.3, 0.4) is 0 Å². The Kier molecular flexibility index (Phi) is 5.66.